The summed E-state index contributed by atoms with van der Waals surface area (Å²) in [7, 11) is -4.30. The predicted octanol–water partition coefficient (Wildman–Crippen LogP) is 2.90. The average molecular weight is 333 g/mol. The largest absolute Gasteiger partial charge is 0.348 e. The Hall–Kier alpha value is -2.47. The van der Waals surface area contributed by atoms with Gasteiger partial charge in [-0.25, -0.2) is 8.42 Å². The summed E-state index contributed by atoms with van der Waals surface area (Å²) in [6.45, 7) is 1.98. The fourth-order valence-electron chi connectivity index (χ4n) is 1.85. The topological polar surface area (TPSA) is 63.2 Å². The highest BCUT2D eigenvalue weighted by Gasteiger charge is 2.21. The molecule has 0 aromatic heterocycles. The minimum Gasteiger partial charge on any atom is -0.348 e. The molecular formula is C17H16FNO3S. The predicted molar refractivity (Wildman–Crippen MR) is 85.8 cm³/mol. The van der Waals surface area contributed by atoms with E-state index in [1.807, 2.05) is 6.07 Å². The Morgan fingerprint density at radius 1 is 1.09 bits per heavy atom. The van der Waals surface area contributed by atoms with Gasteiger partial charge in [0.05, 0.1) is 11.0 Å². The Morgan fingerprint density at radius 3 is 2.30 bits per heavy atom. The summed E-state index contributed by atoms with van der Waals surface area (Å²) in [6, 6.07) is 14.8. The molecule has 2 aromatic rings. The third-order valence-electron chi connectivity index (χ3n) is 3.14. The number of carbonyl (C=O) groups excluding carboxylic acids is 1. The quantitative estimate of drug-likeness (QED) is 0.856. The van der Waals surface area contributed by atoms with Crippen molar-refractivity contribution >= 4 is 15.7 Å². The van der Waals surface area contributed by atoms with Crippen molar-refractivity contribution in [1.29, 1.82) is 0 Å². The number of carbonyl (C=O) groups is 1. The van der Waals surface area contributed by atoms with Crippen LogP contribution < -0.4 is 5.32 Å². The molecule has 0 saturated heterocycles. The Labute approximate surface area is 134 Å². The molecule has 1 N–H and O–H groups in total. The summed E-state index contributed by atoms with van der Waals surface area (Å²) in [6.07, 6.45) is 0.456. The summed E-state index contributed by atoms with van der Waals surface area (Å²) >= 11 is 0. The zero-order valence-corrected chi connectivity index (χ0v) is 13.3. The number of hydrogen-bond donors (Lipinski definition) is 1. The molecule has 120 valence electrons. The minimum atomic E-state index is -4.30. The van der Waals surface area contributed by atoms with Gasteiger partial charge in [-0.05, 0) is 24.6 Å². The van der Waals surface area contributed by atoms with Crippen LogP contribution in [0.15, 0.2) is 70.7 Å². The van der Waals surface area contributed by atoms with Gasteiger partial charge in [0, 0.05) is 6.54 Å². The second-order valence-corrected chi connectivity index (χ2v) is 6.84. The van der Waals surface area contributed by atoms with Crippen LogP contribution in [0.4, 0.5) is 4.39 Å². The minimum absolute atomic E-state index is 0.187. The molecule has 0 radical (unpaired) electrons. The van der Waals surface area contributed by atoms with Crippen molar-refractivity contribution in [3.63, 3.8) is 0 Å². The van der Waals surface area contributed by atoms with E-state index in [2.05, 4.69) is 5.32 Å². The highest BCUT2D eigenvalue weighted by molar-refractivity contribution is 7.95. The van der Waals surface area contributed by atoms with E-state index < -0.39 is 20.9 Å². The molecule has 2 aromatic carbocycles. The molecule has 23 heavy (non-hydrogen) atoms. The molecule has 0 heterocycles. The molecule has 4 nitrogen and oxygen atoms in total. The maximum absolute atomic E-state index is 14.0. The average Bonchev–Trinajstić information content (AvgIpc) is 2.54. The fourth-order valence-corrected chi connectivity index (χ4v) is 2.83. The van der Waals surface area contributed by atoms with E-state index in [1.54, 1.807) is 43.3 Å². The number of aryl methyl sites for hydroxylation is 1. The number of benzene rings is 2. The molecule has 2 rings (SSSR count). The number of nitrogens with one attached hydrogen (secondary N) is 1. The van der Waals surface area contributed by atoms with Gasteiger partial charge in [-0.15, -0.1) is 0 Å². The maximum atomic E-state index is 14.0. The van der Waals surface area contributed by atoms with Crippen LogP contribution in [0.25, 0.3) is 0 Å². The van der Waals surface area contributed by atoms with Gasteiger partial charge in [-0.1, -0.05) is 48.0 Å². The number of amides is 1. The highest BCUT2D eigenvalue weighted by atomic mass is 32.2. The van der Waals surface area contributed by atoms with Crippen molar-refractivity contribution in [2.24, 2.45) is 0 Å². The van der Waals surface area contributed by atoms with Crippen molar-refractivity contribution in [2.75, 3.05) is 0 Å². The summed E-state index contributed by atoms with van der Waals surface area (Å²) in [4.78, 5) is 11.5. The first kappa shape index (κ1) is 16.9. The van der Waals surface area contributed by atoms with Crippen LogP contribution in [0.5, 0.6) is 0 Å². The normalized spacial score (nSPS) is 12.0. The molecule has 6 heteroatoms. The molecule has 0 saturated carbocycles. The monoisotopic (exact) mass is 333 g/mol. The Balaban J connectivity index is 2.08. The summed E-state index contributed by atoms with van der Waals surface area (Å²) in [5, 5.41) is 0.963. The fraction of sp³-hybridized carbons (Fsp3) is 0.118. The van der Waals surface area contributed by atoms with E-state index in [4.69, 9.17) is 0 Å². The molecule has 0 bridgehead atoms. The number of hydrogen-bond acceptors (Lipinski definition) is 3. The van der Waals surface area contributed by atoms with Gasteiger partial charge in [-0.2, -0.15) is 4.39 Å². The van der Waals surface area contributed by atoms with Gasteiger partial charge in [-0.3, -0.25) is 4.79 Å². The summed E-state index contributed by atoms with van der Waals surface area (Å²) < 4.78 is 38.0. The van der Waals surface area contributed by atoms with E-state index in [1.165, 1.54) is 12.1 Å². The smallest absolute Gasteiger partial charge is 0.247 e. The molecule has 1 amide bonds. The lowest BCUT2D eigenvalue weighted by molar-refractivity contribution is -0.116. The molecule has 0 aliphatic rings. The van der Waals surface area contributed by atoms with Crippen LogP contribution in [0.3, 0.4) is 0 Å². The Morgan fingerprint density at radius 2 is 1.70 bits per heavy atom. The van der Waals surface area contributed by atoms with Gasteiger partial charge in [0.2, 0.25) is 20.9 Å². The van der Waals surface area contributed by atoms with Gasteiger partial charge in [0.1, 0.15) is 0 Å². The van der Waals surface area contributed by atoms with Crippen molar-refractivity contribution in [3.8, 4) is 0 Å². The second-order valence-electron chi connectivity index (χ2n) is 4.97. The van der Waals surface area contributed by atoms with E-state index in [9.17, 15) is 17.6 Å². The standard InChI is InChI=1S/C17H16FNO3S/c1-13-7-9-15(10-8-13)23(21,22)16(18)11-17(20)19-12-14-5-3-2-4-6-14/h2-11H,12H2,1H3,(H,19,20). The van der Waals surface area contributed by atoms with Crippen LogP contribution >= 0.6 is 0 Å². The van der Waals surface area contributed by atoms with Crippen molar-refractivity contribution in [1.82, 2.24) is 5.32 Å². The Kier molecular flexibility index (Phi) is 5.28. The SMILES string of the molecule is Cc1ccc(S(=O)(=O)C(F)=CC(=O)NCc2ccccc2)cc1. The zero-order chi connectivity index (χ0) is 16.9. The number of sulfone groups is 1. The van der Waals surface area contributed by atoms with Crippen LogP contribution in [-0.2, 0) is 21.2 Å². The molecule has 0 fully saturated rings. The van der Waals surface area contributed by atoms with Crippen LogP contribution in [0, 0.1) is 6.92 Å². The molecule has 0 aliphatic carbocycles. The second kappa shape index (κ2) is 7.19. The van der Waals surface area contributed by atoms with E-state index >= 15 is 0 Å². The van der Waals surface area contributed by atoms with Crippen molar-refractivity contribution < 1.29 is 17.6 Å². The van der Waals surface area contributed by atoms with Gasteiger partial charge in [0.25, 0.3) is 0 Å². The maximum Gasteiger partial charge on any atom is 0.247 e. The third kappa shape index (κ3) is 4.50. The van der Waals surface area contributed by atoms with Crippen molar-refractivity contribution in [3.05, 3.63) is 77.0 Å². The summed E-state index contributed by atoms with van der Waals surface area (Å²) in [5.41, 5.74) is 1.69. The van der Waals surface area contributed by atoms with Crippen molar-refractivity contribution in [2.45, 2.75) is 18.4 Å². The first-order valence-corrected chi connectivity index (χ1v) is 8.38. The Bertz CT molecular complexity index is 813. The van der Waals surface area contributed by atoms with E-state index in [-0.39, 0.29) is 11.4 Å². The van der Waals surface area contributed by atoms with Crippen LogP contribution in [0.2, 0.25) is 0 Å². The summed E-state index contributed by atoms with van der Waals surface area (Å²) in [5.74, 6) is -0.804. The lowest BCUT2D eigenvalue weighted by atomic mass is 10.2. The first-order chi connectivity index (χ1) is 10.9. The molecule has 0 unspecified atom stereocenters. The first-order valence-electron chi connectivity index (χ1n) is 6.90. The van der Waals surface area contributed by atoms with E-state index in [0.717, 1.165) is 11.1 Å². The van der Waals surface area contributed by atoms with E-state index in [0.29, 0.717) is 6.08 Å². The number of halogens is 1. The number of rotatable bonds is 5. The van der Waals surface area contributed by atoms with Gasteiger partial charge < -0.3 is 5.32 Å². The van der Waals surface area contributed by atoms with Gasteiger partial charge >= 0.3 is 0 Å². The lowest BCUT2D eigenvalue weighted by Gasteiger charge is -2.04. The molecule has 0 atom stereocenters. The molecular weight excluding hydrogens is 317 g/mol. The van der Waals surface area contributed by atoms with Gasteiger partial charge in [0.15, 0.2) is 0 Å². The highest BCUT2D eigenvalue weighted by Crippen LogP contribution is 2.20. The molecule has 0 aliphatic heterocycles. The third-order valence-corrected chi connectivity index (χ3v) is 4.67. The zero-order valence-electron chi connectivity index (χ0n) is 12.5. The lowest BCUT2D eigenvalue weighted by Crippen LogP contribution is -2.21. The van der Waals surface area contributed by atoms with Crippen LogP contribution in [-0.4, -0.2) is 14.3 Å². The molecule has 0 spiro atoms. The van der Waals surface area contributed by atoms with Crippen LogP contribution in [0.1, 0.15) is 11.1 Å².